The van der Waals surface area contributed by atoms with Gasteiger partial charge in [-0.05, 0) is 36.2 Å². The molecule has 1 aromatic carbocycles. The summed E-state index contributed by atoms with van der Waals surface area (Å²) in [6, 6.07) is 8.36. The molecule has 8 heteroatoms. The number of nitrogens with one attached hydrogen (secondary N) is 1. The topological polar surface area (TPSA) is 66.5 Å². The maximum atomic E-state index is 12.2. The van der Waals surface area contributed by atoms with E-state index in [9.17, 15) is 13.2 Å². The SMILES string of the molecule is Cc1cc(S(=O)(=O)NCc2ccc(C(=O)N(C)C)cc2)sc1Cl. The molecule has 0 radical (unpaired) electrons. The lowest BCUT2D eigenvalue weighted by Gasteiger charge is -2.10. The van der Waals surface area contributed by atoms with Crippen molar-refractivity contribution >= 4 is 38.9 Å². The molecule has 1 amide bonds. The fraction of sp³-hybridized carbons (Fsp3) is 0.267. The quantitative estimate of drug-likeness (QED) is 0.877. The van der Waals surface area contributed by atoms with E-state index in [4.69, 9.17) is 11.6 Å². The van der Waals surface area contributed by atoms with Crippen molar-refractivity contribution in [3.63, 3.8) is 0 Å². The van der Waals surface area contributed by atoms with Gasteiger partial charge in [-0.1, -0.05) is 23.7 Å². The van der Waals surface area contributed by atoms with Crippen LogP contribution in [0.5, 0.6) is 0 Å². The van der Waals surface area contributed by atoms with Crippen molar-refractivity contribution in [3.8, 4) is 0 Å². The van der Waals surface area contributed by atoms with Crippen LogP contribution in [0.1, 0.15) is 21.5 Å². The van der Waals surface area contributed by atoms with Crippen LogP contribution < -0.4 is 4.72 Å². The van der Waals surface area contributed by atoms with Gasteiger partial charge in [0.25, 0.3) is 5.91 Å². The smallest absolute Gasteiger partial charge is 0.253 e. The zero-order valence-electron chi connectivity index (χ0n) is 13.0. The average Bonchev–Trinajstić information content (AvgIpc) is 2.85. The Bertz CT molecular complexity index is 792. The molecule has 1 aromatic heterocycles. The predicted molar refractivity (Wildman–Crippen MR) is 92.6 cm³/mol. The van der Waals surface area contributed by atoms with E-state index in [1.807, 2.05) is 0 Å². The van der Waals surface area contributed by atoms with Crippen LogP contribution in [0.25, 0.3) is 0 Å². The summed E-state index contributed by atoms with van der Waals surface area (Å²) < 4.78 is 27.6. The predicted octanol–water partition coefficient (Wildman–Crippen LogP) is 2.89. The highest BCUT2D eigenvalue weighted by Gasteiger charge is 2.18. The molecule has 0 bridgehead atoms. The van der Waals surface area contributed by atoms with Gasteiger partial charge < -0.3 is 4.90 Å². The molecule has 0 saturated heterocycles. The minimum Gasteiger partial charge on any atom is -0.345 e. The number of nitrogens with zero attached hydrogens (tertiary/aromatic N) is 1. The van der Waals surface area contributed by atoms with Crippen LogP contribution in [-0.4, -0.2) is 33.3 Å². The lowest BCUT2D eigenvalue weighted by Crippen LogP contribution is -2.23. The number of halogens is 1. The molecule has 1 N–H and O–H groups in total. The molecule has 0 unspecified atom stereocenters. The van der Waals surface area contributed by atoms with Crippen molar-refractivity contribution in [1.82, 2.24) is 9.62 Å². The van der Waals surface area contributed by atoms with Crippen molar-refractivity contribution < 1.29 is 13.2 Å². The van der Waals surface area contributed by atoms with Gasteiger partial charge in [-0.25, -0.2) is 13.1 Å². The first-order valence-corrected chi connectivity index (χ1v) is 9.44. The van der Waals surface area contributed by atoms with E-state index in [0.29, 0.717) is 9.90 Å². The van der Waals surface area contributed by atoms with Gasteiger partial charge in [0.05, 0.1) is 4.34 Å². The molecule has 23 heavy (non-hydrogen) atoms. The number of thiophene rings is 1. The zero-order chi connectivity index (χ0) is 17.2. The van der Waals surface area contributed by atoms with Crippen LogP contribution in [-0.2, 0) is 16.6 Å². The van der Waals surface area contributed by atoms with Gasteiger partial charge in [0.15, 0.2) is 0 Å². The summed E-state index contributed by atoms with van der Waals surface area (Å²) in [4.78, 5) is 13.3. The summed E-state index contributed by atoms with van der Waals surface area (Å²) in [5, 5.41) is 0. The number of hydrogen-bond acceptors (Lipinski definition) is 4. The lowest BCUT2D eigenvalue weighted by atomic mass is 10.1. The number of rotatable bonds is 5. The second kappa shape index (κ2) is 7.00. The fourth-order valence-corrected chi connectivity index (χ4v) is 4.61. The number of carbonyl (C=O) groups is 1. The number of aryl methyl sites for hydroxylation is 1. The molecule has 2 aromatic rings. The monoisotopic (exact) mass is 372 g/mol. The minimum atomic E-state index is -3.59. The first kappa shape index (κ1) is 17.9. The molecule has 0 aliphatic carbocycles. The molecule has 0 aliphatic heterocycles. The van der Waals surface area contributed by atoms with Crippen LogP contribution in [0.15, 0.2) is 34.5 Å². The van der Waals surface area contributed by atoms with Crippen LogP contribution in [0.2, 0.25) is 4.34 Å². The van der Waals surface area contributed by atoms with E-state index in [-0.39, 0.29) is 16.7 Å². The van der Waals surface area contributed by atoms with Crippen molar-refractivity contribution in [2.24, 2.45) is 0 Å². The highest BCUT2D eigenvalue weighted by Crippen LogP contribution is 2.29. The molecule has 0 fully saturated rings. The van der Waals surface area contributed by atoms with Crippen LogP contribution in [0, 0.1) is 6.92 Å². The van der Waals surface area contributed by atoms with Crippen molar-refractivity contribution in [1.29, 1.82) is 0 Å². The molecule has 1 heterocycles. The van der Waals surface area contributed by atoms with Gasteiger partial charge >= 0.3 is 0 Å². The first-order chi connectivity index (χ1) is 10.7. The summed E-state index contributed by atoms with van der Waals surface area (Å²) >= 11 is 6.95. The zero-order valence-corrected chi connectivity index (χ0v) is 15.3. The molecule has 0 aliphatic rings. The molecule has 0 spiro atoms. The van der Waals surface area contributed by atoms with Gasteiger partial charge in [-0.2, -0.15) is 0 Å². The Morgan fingerprint density at radius 1 is 1.26 bits per heavy atom. The van der Waals surface area contributed by atoms with Gasteiger partial charge in [-0.15, -0.1) is 11.3 Å². The van der Waals surface area contributed by atoms with Crippen LogP contribution in [0.4, 0.5) is 0 Å². The maximum Gasteiger partial charge on any atom is 0.253 e. The third-order valence-electron chi connectivity index (χ3n) is 3.17. The highest BCUT2D eigenvalue weighted by atomic mass is 35.5. The third kappa shape index (κ3) is 4.32. The average molecular weight is 373 g/mol. The Labute approximate surface area is 144 Å². The summed E-state index contributed by atoms with van der Waals surface area (Å²) in [6.07, 6.45) is 0. The van der Waals surface area contributed by atoms with Crippen LogP contribution >= 0.6 is 22.9 Å². The molecular formula is C15H17ClN2O3S2. The Kier molecular flexibility index (Phi) is 5.46. The Morgan fingerprint density at radius 3 is 2.35 bits per heavy atom. The van der Waals surface area contributed by atoms with E-state index in [0.717, 1.165) is 22.5 Å². The Morgan fingerprint density at radius 2 is 1.87 bits per heavy atom. The van der Waals surface area contributed by atoms with E-state index >= 15 is 0 Å². The first-order valence-electron chi connectivity index (χ1n) is 6.77. The second-order valence-electron chi connectivity index (χ2n) is 5.24. The van der Waals surface area contributed by atoms with Crippen LogP contribution in [0.3, 0.4) is 0 Å². The van der Waals surface area contributed by atoms with Gasteiger partial charge in [0.2, 0.25) is 10.0 Å². The largest absolute Gasteiger partial charge is 0.345 e. The Balaban J connectivity index is 2.07. The number of amides is 1. The summed E-state index contributed by atoms with van der Waals surface area (Å²) in [5.74, 6) is -0.0965. The van der Waals surface area contributed by atoms with Gasteiger partial charge in [0, 0.05) is 26.2 Å². The summed E-state index contributed by atoms with van der Waals surface area (Å²) in [6.45, 7) is 1.91. The van der Waals surface area contributed by atoms with Crippen molar-refractivity contribution in [2.45, 2.75) is 17.7 Å². The third-order valence-corrected chi connectivity index (χ3v) is 6.60. The number of carbonyl (C=O) groups excluding carboxylic acids is 1. The fourth-order valence-electron chi connectivity index (χ4n) is 1.84. The molecular weight excluding hydrogens is 356 g/mol. The van der Waals surface area contributed by atoms with Crippen molar-refractivity contribution in [2.75, 3.05) is 14.1 Å². The standard InChI is InChI=1S/C15H17ClN2O3S2/c1-10-8-13(22-14(10)16)23(20,21)17-9-11-4-6-12(7-5-11)15(19)18(2)3/h4-8,17H,9H2,1-3H3. The van der Waals surface area contributed by atoms with E-state index in [1.54, 1.807) is 51.4 Å². The highest BCUT2D eigenvalue weighted by molar-refractivity contribution is 7.91. The van der Waals surface area contributed by atoms with Gasteiger partial charge in [-0.3, -0.25) is 4.79 Å². The number of sulfonamides is 1. The maximum absolute atomic E-state index is 12.2. The summed E-state index contributed by atoms with van der Waals surface area (Å²) in [5.41, 5.74) is 2.06. The normalized spacial score (nSPS) is 11.5. The molecule has 0 saturated carbocycles. The van der Waals surface area contributed by atoms with Gasteiger partial charge in [0.1, 0.15) is 4.21 Å². The lowest BCUT2D eigenvalue weighted by molar-refractivity contribution is 0.0827. The van der Waals surface area contributed by atoms with E-state index in [1.165, 1.54) is 4.90 Å². The molecule has 124 valence electrons. The Hall–Kier alpha value is -1.41. The molecule has 2 rings (SSSR count). The van der Waals surface area contributed by atoms with E-state index < -0.39 is 10.0 Å². The van der Waals surface area contributed by atoms with Crippen molar-refractivity contribution in [3.05, 3.63) is 51.4 Å². The molecule has 5 nitrogen and oxygen atoms in total. The van der Waals surface area contributed by atoms with E-state index in [2.05, 4.69) is 4.72 Å². The summed E-state index contributed by atoms with van der Waals surface area (Å²) in [7, 11) is -0.233. The molecule has 0 atom stereocenters. The number of hydrogen-bond donors (Lipinski definition) is 1. The number of benzene rings is 1. The second-order valence-corrected chi connectivity index (χ2v) is 8.89. The minimum absolute atomic E-state index is 0.0965.